The lowest BCUT2D eigenvalue weighted by Gasteiger charge is -2.15. The summed E-state index contributed by atoms with van der Waals surface area (Å²) in [6.45, 7) is 0.561. The highest BCUT2D eigenvalue weighted by molar-refractivity contribution is 5.94. The summed E-state index contributed by atoms with van der Waals surface area (Å²) >= 11 is 0. The van der Waals surface area contributed by atoms with E-state index in [-0.39, 0.29) is 13.0 Å². The number of rotatable bonds is 5. The Morgan fingerprint density at radius 3 is 2.66 bits per heavy atom. The lowest BCUT2D eigenvalue weighted by molar-refractivity contribution is 0.0115. The van der Waals surface area contributed by atoms with E-state index in [0.29, 0.717) is 47.0 Å². The fourth-order valence-electron chi connectivity index (χ4n) is 4.88. The van der Waals surface area contributed by atoms with E-state index in [1.807, 2.05) is 42.5 Å². The van der Waals surface area contributed by atoms with Gasteiger partial charge in [-0.3, -0.25) is 25.0 Å². The summed E-state index contributed by atoms with van der Waals surface area (Å²) in [6, 6.07) is 13.3. The monoisotopic (exact) mass is 509 g/mol. The van der Waals surface area contributed by atoms with Gasteiger partial charge < -0.3 is 4.98 Å². The number of alkyl halides is 2. The molecular formula is C27H21F2N9. The van der Waals surface area contributed by atoms with E-state index in [2.05, 4.69) is 30.1 Å². The molecule has 0 spiro atoms. The number of H-pyrrole nitrogens is 2. The quantitative estimate of drug-likeness (QED) is 0.341. The zero-order chi connectivity index (χ0) is 25.7. The fraction of sp³-hybridized carbons (Fsp3) is 0.185. The highest BCUT2D eigenvalue weighted by Gasteiger charge is 2.37. The lowest BCUT2D eigenvalue weighted by Crippen LogP contribution is -2.24. The molecule has 38 heavy (non-hydrogen) atoms. The maximum Gasteiger partial charge on any atom is 0.261 e. The van der Waals surface area contributed by atoms with E-state index in [9.17, 15) is 8.78 Å². The van der Waals surface area contributed by atoms with Gasteiger partial charge in [0.2, 0.25) is 0 Å². The van der Waals surface area contributed by atoms with Gasteiger partial charge in [0.25, 0.3) is 5.92 Å². The third-order valence-electron chi connectivity index (χ3n) is 6.69. The number of hydrogen-bond donors (Lipinski definition) is 2. The van der Waals surface area contributed by atoms with Crippen molar-refractivity contribution < 1.29 is 8.78 Å². The normalized spacial score (nSPS) is 15.5. The molecule has 11 heteroatoms. The van der Waals surface area contributed by atoms with E-state index >= 15 is 0 Å². The van der Waals surface area contributed by atoms with Gasteiger partial charge in [0, 0.05) is 49.9 Å². The molecule has 1 aliphatic heterocycles. The minimum Gasteiger partial charge on any atom is -0.336 e. The smallest absolute Gasteiger partial charge is 0.261 e. The van der Waals surface area contributed by atoms with E-state index in [0.717, 1.165) is 27.9 Å². The Morgan fingerprint density at radius 2 is 1.82 bits per heavy atom. The van der Waals surface area contributed by atoms with Crippen LogP contribution >= 0.6 is 0 Å². The molecule has 9 nitrogen and oxygen atoms in total. The summed E-state index contributed by atoms with van der Waals surface area (Å²) < 4.78 is 27.2. The second-order valence-electron chi connectivity index (χ2n) is 9.42. The van der Waals surface area contributed by atoms with Crippen LogP contribution in [-0.2, 0) is 6.54 Å². The molecule has 6 aromatic rings. The van der Waals surface area contributed by atoms with E-state index in [1.165, 1.54) is 0 Å². The van der Waals surface area contributed by atoms with Crippen LogP contribution in [0, 0.1) is 0 Å². The zero-order valence-corrected chi connectivity index (χ0v) is 20.1. The average Bonchev–Trinajstić information content (AvgIpc) is 3.64. The van der Waals surface area contributed by atoms with Gasteiger partial charge >= 0.3 is 0 Å². The topological polar surface area (TPSA) is 112 Å². The predicted molar refractivity (Wildman–Crippen MR) is 138 cm³/mol. The van der Waals surface area contributed by atoms with Gasteiger partial charge in [-0.25, -0.2) is 18.7 Å². The third-order valence-corrected chi connectivity index (χ3v) is 6.69. The van der Waals surface area contributed by atoms with Crippen molar-refractivity contribution in [2.45, 2.75) is 18.9 Å². The Balaban J connectivity index is 1.24. The summed E-state index contributed by atoms with van der Waals surface area (Å²) in [5.41, 5.74) is 7.27. The van der Waals surface area contributed by atoms with Crippen molar-refractivity contribution in [3.05, 3.63) is 72.8 Å². The highest BCUT2D eigenvalue weighted by Crippen LogP contribution is 2.31. The highest BCUT2D eigenvalue weighted by atomic mass is 19.3. The number of fused-ring (bicyclic) bond motifs is 2. The number of halogens is 2. The van der Waals surface area contributed by atoms with Crippen molar-refractivity contribution in [1.29, 1.82) is 0 Å². The molecule has 0 amide bonds. The van der Waals surface area contributed by atoms with Gasteiger partial charge in [0.1, 0.15) is 16.7 Å². The minimum atomic E-state index is -2.62. The van der Waals surface area contributed by atoms with Gasteiger partial charge in [-0.05, 0) is 42.0 Å². The summed E-state index contributed by atoms with van der Waals surface area (Å²) in [5.74, 6) is -2.07. The van der Waals surface area contributed by atoms with Gasteiger partial charge in [0.05, 0.1) is 29.0 Å². The lowest BCUT2D eigenvalue weighted by atomic mass is 10.1. The summed E-state index contributed by atoms with van der Waals surface area (Å²) in [4.78, 5) is 28.0. The molecule has 1 fully saturated rings. The molecule has 1 aliphatic rings. The Labute approximate surface area is 215 Å². The van der Waals surface area contributed by atoms with Crippen molar-refractivity contribution >= 4 is 22.1 Å². The first-order valence-corrected chi connectivity index (χ1v) is 12.2. The third kappa shape index (κ3) is 4.06. The van der Waals surface area contributed by atoms with Crippen LogP contribution in [0.3, 0.4) is 0 Å². The molecule has 0 saturated carbocycles. The van der Waals surface area contributed by atoms with Crippen molar-refractivity contribution in [3.8, 4) is 34.2 Å². The van der Waals surface area contributed by atoms with Gasteiger partial charge in [-0.15, -0.1) is 0 Å². The van der Waals surface area contributed by atoms with E-state index in [1.54, 1.807) is 29.7 Å². The number of pyridine rings is 4. The SMILES string of the molecule is FC1(F)CCN(Cc2cncc(-c3ccc4[nH]nc(-c5nc6c(-c7ccccn7)nccc6[nH]5)c4n3)c2)C1. The van der Waals surface area contributed by atoms with Gasteiger partial charge in [0.15, 0.2) is 11.5 Å². The Hall–Kier alpha value is -4.64. The Bertz CT molecular complexity index is 1780. The number of nitrogens with zero attached hydrogens (tertiary/aromatic N) is 7. The number of likely N-dealkylation sites (tertiary alicyclic amines) is 1. The first-order chi connectivity index (χ1) is 18.5. The Kier molecular flexibility index (Phi) is 5.18. The second kappa shape index (κ2) is 8.73. The number of aromatic nitrogens is 8. The predicted octanol–water partition coefficient (Wildman–Crippen LogP) is 4.86. The first kappa shape index (κ1) is 22.5. The van der Waals surface area contributed by atoms with Crippen LogP contribution in [0.5, 0.6) is 0 Å². The standard InChI is InChI=1S/C27H21F2N9/c28-27(29)7-10-38(15-27)14-16-11-17(13-30-12-16)18-4-5-21-24(33-18)25(37-36-21)26-34-20-6-9-32-22(23(20)35-26)19-3-1-2-8-31-19/h1-6,8-9,11-13H,7,10,14-15H2,(H,34,35)(H,36,37). The van der Waals surface area contributed by atoms with Crippen LogP contribution in [0.2, 0.25) is 0 Å². The molecule has 0 unspecified atom stereocenters. The molecule has 188 valence electrons. The molecular weight excluding hydrogens is 488 g/mol. The van der Waals surface area contributed by atoms with Crippen LogP contribution in [0.1, 0.15) is 12.0 Å². The summed E-state index contributed by atoms with van der Waals surface area (Å²) in [6.07, 6.45) is 6.77. The first-order valence-electron chi connectivity index (χ1n) is 12.2. The van der Waals surface area contributed by atoms with Crippen LogP contribution in [0.25, 0.3) is 56.2 Å². The number of nitrogens with one attached hydrogen (secondary N) is 2. The zero-order valence-electron chi connectivity index (χ0n) is 20.1. The molecule has 7 heterocycles. The maximum absolute atomic E-state index is 13.6. The fourth-order valence-corrected chi connectivity index (χ4v) is 4.88. The molecule has 2 N–H and O–H groups in total. The van der Waals surface area contributed by atoms with Crippen LogP contribution < -0.4 is 0 Å². The van der Waals surface area contributed by atoms with Crippen LogP contribution in [-0.4, -0.2) is 64.0 Å². The van der Waals surface area contributed by atoms with Crippen LogP contribution in [0.15, 0.2) is 67.3 Å². The van der Waals surface area contributed by atoms with Crippen LogP contribution in [0.4, 0.5) is 8.78 Å². The largest absolute Gasteiger partial charge is 0.336 e. The van der Waals surface area contributed by atoms with Gasteiger partial charge in [-0.2, -0.15) is 5.10 Å². The molecule has 6 aromatic heterocycles. The minimum absolute atomic E-state index is 0.108. The second-order valence-corrected chi connectivity index (χ2v) is 9.42. The maximum atomic E-state index is 13.6. The molecule has 0 aliphatic carbocycles. The van der Waals surface area contributed by atoms with E-state index in [4.69, 9.17) is 9.97 Å². The molecule has 0 bridgehead atoms. The van der Waals surface area contributed by atoms with E-state index < -0.39 is 5.92 Å². The molecule has 0 atom stereocenters. The number of hydrogen-bond acceptors (Lipinski definition) is 7. The van der Waals surface area contributed by atoms with Gasteiger partial charge in [-0.1, -0.05) is 6.07 Å². The van der Waals surface area contributed by atoms with Crippen molar-refractivity contribution in [1.82, 2.24) is 45.0 Å². The van der Waals surface area contributed by atoms with Crippen molar-refractivity contribution in [3.63, 3.8) is 0 Å². The molecule has 0 aromatic carbocycles. The van der Waals surface area contributed by atoms with Crippen molar-refractivity contribution in [2.24, 2.45) is 0 Å². The average molecular weight is 510 g/mol. The molecule has 7 rings (SSSR count). The molecule has 1 saturated heterocycles. The number of imidazole rings is 1. The summed E-state index contributed by atoms with van der Waals surface area (Å²) in [7, 11) is 0. The Morgan fingerprint density at radius 1 is 0.895 bits per heavy atom. The molecule has 0 radical (unpaired) electrons. The summed E-state index contributed by atoms with van der Waals surface area (Å²) in [5, 5.41) is 7.52. The van der Waals surface area contributed by atoms with Crippen molar-refractivity contribution in [2.75, 3.05) is 13.1 Å². The number of aromatic amines is 2.